The third-order valence-corrected chi connectivity index (χ3v) is 1.66. The lowest BCUT2D eigenvalue weighted by molar-refractivity contribution is -0.384. The van der Waals surface area contributed by atoms with Crippen molar-refractivity contribution in [2.75, 3.05) is 0 Å². The molecule has 7 heteroatoms. The van der Waals surface area contributed by atoms with E-state index in [1.165, 1.54) is 18.2 Å². The fourth-order valence-corrected chi connectivity index (χ4v) is 1.04. The Labute approximate surface area is 90.2 Å². The first-order chi connectivity index (χ1) is 7.00. The number of carbonyl (C=O) groups excluding carboxylic acids is 1. The molecule has 0 aliphatic rings. The van der Waals surface area contributed by atoms with Gasteiger partial charge in [-0.25, -0.2) is 0 Å². The Morgan fingerprint density at radius 2 is 2.20 bits per heavy atom. The highest BCUT2D eigenvalue weighted by molar-refractivity contribution is 7.80. The lowest BCUT2D eigenvalue weighted by Gasteiger charge is -2.01. The molecule has 0 radical (unpaired) electrons. The predicted molar refractivity (Wildman–Crippen MR) is 57.3 cm³/mol. The Morgan fingerprint density at radius 3 is 2.73 bits per heavy atom. The Hall–Kier alpha value is -2.02. The second-order valence-electron chi connectivity index (χ2n) is 2.63. The Bertz CT molecular complexity index is 433. The van der Waals surface area contributed by atoms with Gasteiger partial charge in [-0.2, -0.15) is 0 Å². The molecule has 3 N–H and O–H groups in total. The van der Waals surface area contributed by atoms with E-state index in [2.05, 4.69) is 17.5 Å². The summed E-state index contributed by atoms with van der Waals surface area (Å²) in [6, 6.07) is 5.28. The molecule has 0 unspecified atom stereocenters. The molecule has 0 atom stereocenters. The topological polar surface area (TPSA) is 98.3 Å². The number of hydrogen-bond acceptors (Lipinski definition) is 4. The van der Waals surface area contributed by atoms with E-state index in [0.717, 1.165) is 6.07 Å². The summed E-state index contributed by atoms with van der Waals surface area (Å²) < 4.78 is 0. The van der Waals surface area contributed by atoms with Crippen LogP contribution in [0.25, 0.3) is 0 Å². The number of nitro benzene ring substituents is 1. The number of nitrogens with two attached hydrogens (primary N) is 1. The van der Waals surface area contributed by atoms with Gasteiger partial charge in [0.25, 0.3) is 11.6 Å². The minimum absolute atomic E-state index is 0.136. The lowest BCUT2D eigenvalue weighted by atomic mass is 10.2. The van der Waals surface area contributed by atoms with E-state index in [1.54, 1.807) is 0 Å². The Balaban J connectivity index is 2.95. The average Bonchev–Trinajstić information content (AvgIpc) is 2.17. The van der Waals surface area contributed by atoms with Crippen LogP contribution in [0, 0.1) is 10.1 Å². The molecule has 1 aromatic carbocycles. The van der Waals surface area contributed by atoms with Gasteiger partial charge in [-0.3, -0.25) is 20.2 Å². The molecule has 0 aliphatic carbocycles. The maximum Gasteiger partial charge on any atom is 0.270 e. The van der Waals surface area contributed by atoms with Crippen molar-refractivity contribution >= 4 is 28.9 Å². The lowest BCUT2D eigenvalue weighted by Crippen LogP contribution is -2.34. The number of nitro groups is 1. The molecule has 0 heterocycles. The van der Waals surface area contributed by atoms with Crippen LogP contribution in [0.5, 0.6) is 0 Å². The number of nitrogens with one attached hydrogen (secondary N) is 1. The van der Waals surface area contributed by atoms with E-state index in [1.807, 2.05) is 0 Å². The molecule has 78 valence electrons. The van der Waals surface area contributed by atoms with Crippen molar-refractivity contribution in [3.63, 3.8) is 0 Å². The smallest absolute Gasteiger partial charge is 0.270 e. The number of nitrogens with zero attached hydrogens (tertiary/aromatic N) is 1. The fourth-order valence-electron chi connectivity index (χ4n) is 0.945. The highest BCUT2D eigenvalue weighted by Crippen LogP contribution is 2.12. The quantitative estimate of drug-likeness (QED) is 0.435. The zero-order valence-corrected chi connectivity index (χ0v) is 8.28. The summed E-state index contributed by atoms with van der Waals surface area (Å²) in [5, 5.41) is 12.4. The van der Waals surface area contributed by atoms with Crippen LogP contribution in [0.4, 0.5) is 5.69 Å². The van der Waals surface area contributed by atoms with Crippen LogP contribution in [0.1, 0.15) is 10.4 Å². The van der Waals surface area contributed by atoms with Gasteiger partial charge in [0.1, 0.15) is 0 Å². The van der Waals surface area contributed by atoms with Gasteiger partial charge < -0.3 is 5.73 Å². The van der Waals surface area contributed by atoms with Crippen LogP contribution in [-0.4, -0.2) is 15.9 Å². The molecular weight excluding hydrogens is 218 g/mol. The van der Waals surface area contributed by atoms with Crippen molar-refractivity contribution in [3.8, 4) is 0 Å². The van der Waals surface area contributed by atoms with E-state index >= 15 is 0 Å². The Kier molecular flexibility index (Phi) is 3.29. The molecule has 1 aromatic rings. The first-order valence-electron chi connectivity index (χ1n) is 3.86. The van der Waals surface area contributed by atoms with E-state index < -0.39 is 10.8 Å². The van der Waals surface area contributed by atoms with Crippen molar-refractivity contribution in [1.29, 1.82) is 0 Å². The Morgan fingerprint density at radius 1 is 1.53 bits per heavy atom. The van der Waals surface area contributed by atoms with Gasteiger partial charge in [0.15, 0.2) is 5.11 Å². The average molecular weight is 225 g/mol. The summed E-state index contributed by atoms with van der Waals surface area (Å²) in [7, 11) is 0. The van der Waals surface area contributed by atoms with Crippen LogP contribution in [0.3, 0.4) is 0 Å². The molecule has 0 saturated carbocycles. The number of thiocarbonyl (C=S) groups is 1. The number of hydrogen-bond donors (Lipinski definition) is 2. The third-order valence-electron chi connectivity index (χ3n) is 1.56. The van der Waals surface area contributed by atoms with Gasteiger partial charge >= 0.3 is 0 Å². The van der Waals surface area contributed by atoms with Crippen LogP contribution >= 0.6 is 12.2 Å². The minimum atomic E-state index is -0.586. The second kappa shape index (κ2) is 4.47. The van der Waals surface area contributed by atoms with Crippen molar-refractivity contribution < 1.29 is 9.72 Å². The number of benzene rings is 1. The highest BCUT2D eigenvalue weighted by Gasteiger charge is 2.11. The molecule has 1 amide bonds. The van der Waals surface area contributed by atoms with Crippen molar-refractivity contribution in [2.45, 2.75) is 0 Å². The molecule has 0 spiro atoms. The maximum absolute atomic E-state index is 11.3. The second-order valence-corrected chi connectivity index (χ2v) is 3.07. The number of carbonyl (C=O) groups is 1. The van der Waals surface area contributed by atoms with Gasteiger partial charge in [-0.15, -0.1) is 0 Å². The summed E-state index contributed by atoms with van der Waals surface area (Å²) in [6.45, 7) is 0. The number of non-ortho nitro benzene ring substituents is 1. The van der Waals surface area contributed by atoms with Crippen LogP contribution in [0.2, 0.25) is 0 Å². The van der Waals surface area contributed by atoms with E-state index in [4.69, 9.17) is 5.73 Å². The van der Waals surface area contributed by atoms with Gasteiger partial charge in [-0.1, -0.05) is 6.07 Å². The summed E-state index contributed by atoms with van der Waals surface area (Å²) in [5.41, 5.74) is 5.07. The molecule has 15 heavy (non-hydrogen) atoms. The zero-order valence-electron chi connectivity index (χ0n) is 7.47. The summed E-state index contributed by atoms with van der Waals surface area (Å²) in [6.07, 6.45) is 0. The van der Waals surface area contributed by atoms with E-state index in [9.17, 15) is 14.9 Å². The SMILES string of the molecule is NC(=S)NC(=O)c1cccc([N+](=O)[O-])c1. The minimum Gasteiger partial charge on any atom is -0.376 e. The largest absolute Gasteiger partial charge is 0.376 e. The van der Waals surface area contributed by atoms with Gasteiger partial charge in [0.05, 0.1) is 4.92 Å². The first-order valence-corrected chi connectivity index (χ1v) is 4.27. The molecule has 0 aliphatic heterocycles. The maximum atomic E-state index is 11.3. The van der Waals surface area contributed by atoms with Crippen LogP contribution < -0.4 is 11.1 Å². The summed E-state index contributed by atoms with van der Waals surface area (Å²) in [5.74, 6) is -0.564. The highest BCUT2D eigenvalue weighted by atomic mass is 32.1. The van der Waals surface area contributed by atoms with Gasteiger partial charge in [-0.05, 0) is 18.3 Å². The van der Waals surface area contributed by atoms with Crippen LogP contribution in [0.15, 0.2) is 24.3 Å². The molecule has 1 rings (SSSR count). The number of amides is 1. The van der Waals surface area contributed by atoms with Crippen molar-refractivity contribution in [2.24, 2.45) is 5.73 Å². The standard InChI is InChI=1S/C8H7N3O3S/c9-8(15)10-7(12)5-2-1-3-6(4-5)11(13)14/h1-4H,(H3,9,10,12,15). The fraction of sp³-hybridized carbons (Fsp3) is 0. The molecule has 0 fully saturated rings. The molecule has 0 bridgehead atoms. The first kappa shape index (κ1) is 11.1. The zero-order chi connectivity index (χ0) is 11.4. The van der Waals surface area contributed by atoms with Crippen molar-refractivity contribution in [3.05, 3.63) is 39.9 Å². The monoisotopic (exact) mass is 225 g/mol. The summed E-state index contributed by atoms with van der Waals surface area (Å²) >= 11 is 4.47. The molecular formula is C8H7N3O3S. The molecule has 0 aromatic heterocycles. The number of rotatable bonds is 2. The van der Waals surface area contributed by atoms with Gasteiger partial charge in [0, 0.05) is 17.7 Å². The normalized spacial score (nSPS) is 9.33. The van der Waals surface area contributed by atoms with Crippen LogP contribution in [-0.2, 0) is 0 Å². The van der Waals surface area contributed by atoms with Gasteiger partial charge in [0.2, 0.25) is 0 Å². The third kappa shape index (κ3) is 2.99. The van der Waals surface area contributed by atoms with Crippen molar-refractivity contribution in [1.82, 2.24) is 5.32 Å². The van der Waals surface area contributed by atoms with E-state index in [0.29, 0.717) is 0 Å². The molecule has 0 saturated heterocycles. The summed E-state index contributed by atoms with van der Waals surface area (Å²) in [4.78, 5) is 21.2. The van der Waals surface area contributed by atoms with E-state index in [-0.39, 0.29) is 16.4 Å². The predicted octanol–water partition coefficient (Wildman–Crippen LogP) is 0.568. The molecule has 6 nitrogen and oxygen atoms in total.